The summed E-state index contributed by atoms with van der Waals surface area (Å²) in [7, 11) is 0. The van der Waals surface area contributed by atoms with Gasteiger partial charge in [-0.15, -0.1) is 0 Å². The lowest BCUT2D eigenvalue weighted by atomic mass is 10.2. The summed E-state index contributed by atoms with van der Waals surface area (Å²) in [6.07, 6.45) is 4.54. The number of nitrogens with zero attached hydrogens (tertiary/aromatic N) is 4. The summed E-state index contributed by atoms with van der Waals surface area (Å²) in [6, 6.07) is 18.5. The minimum atomic E-state index is 0.229. The molecule has 1 saturated heterocycles. The first-order chi connectivity index (χ1) is 13.9. The molecule has 1 aliphatic rings. The SMILES string of the molecule is c1ccc(-n2c(CCc3nc(C[C@@H]4CCCO4)no3)nc3ccccc32)cc1. The Morgan fingerprint density at radius 2 is 1.82 bits per heavy atom. The maximum atomic E-state index is 5.66. The Hall–Kier alpha value is -2.99. The quantitative estimate of drug-likeness (QED) is 0.512. The van der Waals surface area contributed by atoms with E-state index in [2.05, 4.69) is 32.9 Å². The van der Waals surface area contributed by atoms with Crippen molar-refractivity contribution in [2.24, 2.45) is 0 Å². The van der Waals surface area contributed by atoms with E-state index >= 15 is 0 Å². The monoisotopic (exact) mass is 374 g/mol. The fourth-order valence-corrected chi connectivity index (χ4v) is 3.81. The number of hydrogen-bond acceptors (Lipinski definition) is 5. The molecule has 4 aromatic rings. The smallest absolute Gasteiger partial charge is 0.227 e. The number of aryl methyl sites for hydroxylation is 2. The minimum Gasteiger partial charge on any atom is -0.378 e. The Kier molecular flexibility index (Phi) is 4.62. The number of fused-ring (bicyclic) bond motifs is 1. The molecule has 0 saturated carbocycles. The van der Waals surface area contributed by atoms with E-state index < -0.39 is 0 Å². The molecule has 0 radical (unpaired) electrons. The van der Waals surface area contributed by atoms with Crippen molar-refractivity contribution in [3.63, 3.8) is 0 Å². The number of para-hydroxylation sites is 3. The zero-order chi connectivity index (χ0) is 18.8. The van der Waals surface area contributed by atoms with E-state index in [-0.39, 0.29) is 6.10 Å². The molecule has 1 fully saturated rings. The molecule has 0 aliphatic carbocycles. The van der Waals surface area contributed by atoms with Crippen LogP contribution < -0.4 is 0 Å². The molecule has 3 heterocycles. The molecule has 6 heteroatoms. The van der Waals surface area contributed by atoms with Gasteiger partial charge < -0.3 is 9.26 Å². The Morgan fingerprint density at radius 1 is 0.964 bits per heavy atom. The van der Waals surface area contributed by atoms with Crippen molar-refractivity contribution in [3.05, 3.63) is 72.1 Å². The van der Waals surface area contributed by atoms with E-state index in [1.54, 1.807) is 0 Å². The minimum absolute atomic E-state index is 0.229. The number of ether oxygens (including phenoxy) is 1. The Balaban J connectivity index is 1.37. The molecule has 0 N–H and O–H groups in total. The normalized spacial score (nSPS) is 16.8. The van der Waals surface area contributed by atoms with Crippen molar-refractivity contribution >= 4 is 11.0 Å². The molecule has 2 aromatic heterocycles. The Morgan fingerprint density at radius 3 is 2.68 bits per heavy atom. The molecule has 0 amide bonds. The summed E-state index contributed by atoms with van der Waals surface area (Å²) >= 11 is 0. The van der Waals surface area contributed by atoms with Crippen molar-refractivity contribution in [1.82, 2.24) is 19.7 Å². The average molecular weight is 374 g/mol. The second kappa shape index (κ2) is 7.56. The van der Waals surface area contributed by atoms with Gasteiger partial charge in [0.15, 0.2) is 5.82 Å². The standard InChI is InChI=1S/C22H22N4O2/c1-2-7-16(8-3-1)26-19-11-5-4-10-18(19)23-21(26)12-13-22-24-20(25-28-22)15-17-9-6-14-27-17/h1-5,7-8,10-11,17H,6,9,12-15H2/t17-/m0/s1. The first-order valence-electron chi connectivity index (χ1n) is 9.82. The molecular weight excluding hydrogens is 352 g/mol. The van der Waals surface area contributed by atoms with E-state index in [0.29, 0.717) is 12.3 Å². The highest BCUT2D eigenvalue weighted by Gasteiger charge is 2.19. The number of aromatic nitrogens is 4. The fraction of sp³-hybridized carbons (Fsp3) is 0.318. The van der Waals surface area contributed by atoms with E-state index in [1.165, 1.54) is 0 Å². The van der Waals surface area contributed by atoms with Crippen molar-refractivity contribution in [3.8, 4) is 5.69 Å². The van der Waals surface area contributed by atoms with Crippen molar-refractivity contribution in [2.75, 3.05) is 6.61 Å². The third kappa shape index (κ3) is 3.43. The Labute approximate surface area is 163 Å². The van der Waals surface area contributed by atoms with Crippen molar-refractivity contribution in [2.45, 2.75) is 38.2 Å². The molecule has 0 spiro atoms. The zero-order valence-electron chi connectivity index (χ0n) is 15.6. The highest BCUT2D eigenvalue weighted by atomic mass is 16.5. The molecule has 28 heavy (non-hydrogen) atoms. The fourth-order valence-electron chi connectivity index (χ4n) is 3.81. The van der Waals surface area contributed by atoms with Crippen LogP contribution in [-0.2, 0) is 24.0 Å². The van der Waals surface area contributed by atoms with Gasteiger partial charge in [0, 0.05) is 31.6 Å². The number of benzene rings is 2. The van der Waals surface area contributed by atoms with Gasteiger partial charge in [0.1, 0.15) is 5.82 Å². The van der Waals surface area contributed by atoms with E-state index in [0.717, 1.165) is 60.7 Å². The number of hydrogen-bond donors (Lipinski definition) is 0. The van der Waals surface area contributed by atoms with Crippen LogP contribution in [0.1, 0.15) is 30.4 Å². The Bertz CT molecular complexity index is 1060. The zero-order valence-corrected chi connectivity index (χ0v) is 15.6. The molecule has 1 aliphatic heterocycles. The third-order valence-corrected chi connectivity index (χ3v) is 5.15. The summed E-state index contributed by atoms with van der Waals surface area (Å²) in [6.45, 7) is 0.838. The lowest BCUT2D eigenvalue weighted by Gasteiger charge is -2.08. The van der Waals surface area contributed by atoms with Crippen LogP contribution in [0, 0.1) is 0 Å². The summed E-state index contributed by atoms with van der Waals surface area (Å²) in [5.41, 5.74) is 3.20. The van der Waals surface area contributed by atoms with Gasteiger partial charge in [-0.1, -0.05) is 35.5 Å². The van der Waals surface area contributed by atoms with E-state index in [4.69, 9.17) is 14.2 Å². The van der Waals surface area contributed by atoms with Crippen LogP contribution in [0.2, 0.25) is 0 Å². The van der Waals surface area contributed by atoms with Crippen LogP contribution in [0.5, 0.6) is 0 Å². The van der Waals surface area contributed by atoms with E-state index in [9.17, 15) is 0 Å². The van der Waals surface area contributed by atoms with Crippen LogP contribution in [0.25, 0.3) is 16.7 Å². The molecule has 6 nitrogen and oxygen atoms in total. The van der Waals surface area contributed by atoms with Crippen LogP contribution in [0.15, 0.2) is 59.1 Å². The molecular formula is C22H22N4O2. The molecule has 2 aromatic carbocycles. The highest BCUT2D eigenvalue weighted by Crippen LogP contribution is 2.22. The number of rotatable bonds is 6. The van der Waals surface area contributed by atoms with Gasteiger partial charge in [0.25, 0.3) is 0 Å². The molecule has 1 atom stereocenters. The average Bonchev–Trinajstić information content (AvgIpc) is 3.47. The van der Waals surface area contributed by atoms with Crippen molar-refractivity contribution in [1.29, 1.82) is 0 Å². The van der Waals surface area contributed by atoms with Gasteiger partial charge in [-0.3, -0.25) is 4.57 Å². The molecule has 0 bridgehead atoms. The summed E-state index contributed by atoms with van der Waals surface area (Å²) in [4.78, 5) is 9.40. The van der Waals surface area contributed by atoms with Crippen LogP contribution in [0.3, 0.4) is 0 Å². The number of imidazole rings is 1. The predicted octanol–water partition coefficient (Wildman–Crippen LogP) is 3.92. The molecule has 0 unspecified atom stereocenters. The van der Waals surface area contributed by atoms with E-state index in [1.807, 2.05) is 36.4 Å². The van der Waals surface area contributed by atoms with Crippen molar-refractivity contribution < 1.29 is 9.26 Å². The molecule has 142 valence electrons. The maximum Gasteiger partial charge on any atom is 0.227 e. The lowest BCUT2D eigenvalue weighted by molar-refractivity contribution is 0.109. The largest absolute Gasteiger partial charge is 0.378 e. The second-order valence-electron chi connectivity index (χ2n) is 7.13. The van der Waals surface area contributed by atoms with Gasteiger partial charge in [0.05, 0.1) is 17.1 Å². The van der Waals surface area contributed by atoms with Gasteiger partial charge in [-0.25, -0.2) is 4.98 Å². The first kappa shape index (κ1) is 17.1. The van der Waals surface area contributed by atoms with Gasteiger partial charge in [-0.2, -0.15) is 4.98 Å². The highest BCUT2D eigenvalue weighted by molar-refractivity contribution is 5.78. The third-order valence-electron chi connectivity index (χ3n) is 5.15. The predicted molar refractivity (Wildman–Crippen MR) is 105 cm³/mol. The van der Waals surface area contributed by atoms with Gasteiger partial charge in [0.2, 0.25) is 5.89 Å². The molecule has 5 rings (SSSR count). The first-order valence-corrected chi connectivity index (χ1v) is 9.82. The van der Waals surface area contributed by atoms with Crippen LogP contribution in [0.4, 0.5) is 0 Å². The maximum absolute atomic E-state index is 5.66. The second-order valence-corrected chi connectivity index (χ2v) is 7.13. The topological polar surface area (TPSA) is 66.0 Å². The van der Waals surface area contributed by atoms with Crippen LogP contribution in [-0.4, -0.2) is 32.4 Å². The summed E-state index contributed by atoms with van der Waals surface area (Å²) in [5, 5.41) is 4.12. The lowest BCUT2D eigenvalue weighted by Crippen LogP contribution is -2.10. The summed E-state index contributed by atoms with van der Waals surface area (Å²) < 4.78 is 13.3. The van der Waals surface area contributed by atoms with Gasteiger partial charge >= 0.3 is 0 Å². The van der Waals surface area contributed by atoms with Crippen LogP contribution >= 0.6 is 0 Å². The summed E-state index contributed by atoms with van der Waals surface area (Å²) in [5.74, 6) is 2.38. The van der Waals surface area contributed by atoms with Gasteiger partial charge in [-0.05, 0) is 37.1 Å².